The van der Waals surface area contributed by atoms with Crippen molar-refractivity contribution in [1.82, 2.24) is 13.5 Å². The molecule has 8 nitrogen and oxygen atoms in total. The fourth-order valence-electron chi connectivity index (χ4n) is 2.11. The highest BCUT2D eigenvalue weighted by molar-refractivity contribution is 7.86. The molecule has 0 radical (unpaired) electrons. The average Bonchev–Trinajstić information content (AvgIpc) is 2.95. The minimum absolute atomic E-state index is 0.236. The van der Waals surface area contributed by atoms with E-state index in [1.54, 1.807) is 17.0 Å². The van der Waals surface area contributed by atoms with Crippen LogP contribution in [0, 0.1) is 0 Å². The first-order valence-electron chi connectivity index (χ1n) is 6.62. The fourth-order valence-corrected chi connectivity index (χ4v) is 3.20. The molecule has 2 N–H and O–H groups in total. The van der Waals surface area contributed by atoms with E-state index >= 15 is 0 Å². The molecule has 0 spiro atoms. The van der Waals surface area contributed by atoms with Gasteiger partial charge in [0.15, 0.2) is 5.76 Å². The van der Waals surface area contributed by atoms with Gasteiger partial charge in [-0.15, -0.1) is 0 Å². The van der Waals surface area contributed by atoms with Gasteiger partial charge in [0.05, 0.1) is 6.54 Å². The van der Waals surface area contributed by atoms with Crippen molar-refractivity contribution in [1.29, 1.82) is 0 Å². The lowest BCUT2D eigenvalue weighted by Gasteiger charge is -2.34. The summed E-state index contributed by atoms with van der Waals surface area (Å²) in [5.74, 6) is 0.545. The summed E-state index contributed by atoms with van der Waals surface area (Å²) in [6.45, 7) is 1.46. The van der Waals surface area contributed by atoms with Gasteiger partial charge in [0.2, 0.25) is 0 Å². The van der Waals surface area contributed by atoms with Crippen LogP contribution in [0.5, 0.6) is 0 Å². The molecule has 21 heavy (non-hydrogen) atoms. The molecule has 0 aromatic carbocycles. The summed E-state index contributed by atoms with van der Waals surface area (Å²) in [5.41, 5.74) is 5.44. The summed E-state index contributed by atoms with van der Waals surface area (Å²) >= 11 is 0. The highest BCUT2D eigenvalue weighted by Gasteiger charge is 2.31. The van der Waals surface area contributed by atoms with E-state index in [2.05, 4.69) is 0 Å². The van der Waals surface area contributed by atoms with Crippen LogP contribution in [0.3, 0.4) is 0 Å². The highest BCUT2D eigenvalue weighted by atomic mass is 32.2. The molecular weight excluding hydrogens is 296 g/mol. The Labute approximate surface area is 124 Å². The Morgan fingerprint density at radius 3 is 2.38 bits per heavy atom. The van der Waals surface area contributed by atoms with E-state index in [1.807, 2.05) is 0 Å². The molecule has 1 aromatic rings. The van der Waals surface area contributed by atoms with Crippen LogP contribution in [0.25, 0.3) is 0 Å². The zero-order valence-electron chi connectivity index (χ0n) is 12.2. The van der Waals surface area contributed by atoms with E-state index in [0.717, 1.165) is 0 Å². The van der Waals surface area contributed by atoms with Gasteiger partial charge in [-0.05, 0) is 12.1 Å². The lowest BCUT2D eigenvalue weighted by molar-refractivity contribution is 0.0661. The largest absolute Gasteiger partial charge is 0.455 e. The first-order valence-corrected chi connectivity index (χ1v) is 8.01. The average molecular weight is 316 g/mol. The number of hydrogen-bond acceptors (Lipinski definition) is 5. The number of rotatable bonds is 4. The van der Waals surface area contributed by atoms with Crippen LogP contribution >= 0.6 is 0 Å². The second-order valence-corrected chi connectivity index (χ2v) is 7.09. The SMILES string of the molecule is CN(C)S(=O)(=O)N1CCN(C(=O)c2ccc(CN)o2)CC1. The smallest absolute Gasteiger partial charge is 0.289 e. The van der Waals surface area contributed by atoms with Crippen molar-refractivity contribution < 1.29 is 17.6 Å². The molecule has 1 aromatic heterocycles. The molecule has 0 bridgehead atoms. The lowest BCUT2D eigenvalue weighted by atomic mass is 10.3. The molecular formula is C12H20N4O4S. The summed E-state index contributed by atoms with van der Waals surface area (Å²) in [7, 11) is -0.445. The number of piperazine rings is 1. The third-order valence-corrected chi connectivity index (χ3v) is 5.33. The molecule has 1 saturated heterocycles. The minimum Gasteiger partial charge on any atom is -0.455 e. The maximum atomic E-state index is 12.2. The normalized spacial score (nSPS) is 17.4. The van der Waals surface area contributed by atoms with E-state index in [1.165, 1.54) is 22.7 Å². The summed E-state index contributed by atoms with van der Waals surface area (Å²) < 4.78 is 31.8. The third-order valence-electron chi connectivity index (χ3n) is 3.39. The minimum atomic E-state index is -3.42. The Balaban J connectivity index is 1.99. The van der Waals surface area contributed by atoms with Crippen LogP contribution in [-0.2, 0) is 16.8 Å². The van der Waals surface area contributed by atoms with E-state index in [-0.39, 0.29) is 31.3 Å². The molecule has 1 aliphatic heterocycles. The fraction of sp³-hybridized carbons (Fsp3) is 0.583. The highest BCUT2D eigenvalue weighted by Crippen LogP contribution is 2.14. The van der Waals surface area contributed by atoms with Crippen molar-refractivity contribution in [2.45, 2.75) is 6.54 Å². The Morgan fingerprint density at radius 1 is 1.29 bits per heavy atom. The predicted molar refractivity (Wildman–Crippen MR) is 76.7 cm³/mol. The topological polar surface area (TPSA) is 100 Å². The molecule has 1 amide bonds. The molecule has 1 aliphatic rings. The van der Waals surface area contributed by atoms with Gasteiger partial charge in [-0.1, -0.05) is 0 Å². The number of carbonyl (C=O) groups excluding carboxylic acids is 1. The number of nitrogens with two attached hydrogens (primary N) is 1. The van der Waals surface area contributed by atoms with Gasteiger partial charge in [-0.2, -0.15) is 17.0 Å². The quantitative estimate of drug-likeness (QED) is 0.792. The van der Waals surface area contributed by atoms with Gasteiger partial charge in [0.25, 0.3) is 16.1 Å². The van der Waals surface area contributed by atoms with Crippen molar-refractivity contribution in [3.8, 4) is 0 Å². The van der Waals surface area contributed by atoms with Crippen molar-refractivity contribution in [3.63, 3.8) is 0 Å². The van der Waals surface area contributed by atoms with Crippen molar-refractivity contribution in [2.75, 3.05) is 40.3 Å². The lowest BCUT2D eigenvalue weighted by Crippen LogP contribution is -2.53. The molecule has 2 heterocycles. The Hall–Kier alpha value is -1.42. The standard InChI is InChI=1S/C12H20N4O4S/c1-14(2)21(18,19)16-7-5-15(6-8-16)12(17)11-4-3-10(9-13)20-11/h3-4H,5-9,13H2,1-2H3. The predicted octanol–water partition coefficient (Wildman–Crippen LogP) is -0.697. The number of carbonyl (C=O) groups is 1. The first-order chi connectivity index (χ1) is 9.86. The van der Waals surface area contributed by atoms with E-state index in [0.29, 0.717) is 18.8 Å². The van der Waals surface area contributed by atoms with Crippen LogP contribution < -0.4 is 5.73 Å². The summed E-state index contributed by atoms with van der Waals surface area (Å²) in [5, 5.41) is 0. The molecule has 2 rings (SSSR count). The van der Waals surface area contributed by atoms with Gasteiger partial charge in [-0.3, -0.25) is 4.79 Å². The van der Waals surface area contributed by atoms with Crippen LogP contribution in [0.1, 0.15) is 16.3 Å². The van der Waals surface area contributed by atoms with Crippen LogP contribution in [-0.4, -0.2) is 68.1 Å². The molecule has 9 heteroatoms. The molecule has 1 fully saturated rings. The van der Waals surface area contributed by atoms with E-state index < -0.39 is 10.2 Å². The van der Waals surface area contributed by atoms with Crippen LogP contribution in [0.15, 0.2) is 16.5 Å². The maximum Gasteiger partial charge on any atom is 0.289 e. The third kappa shape index (κ3) is 3.26. The van der Waals surface area contributed by atoms with Gasteiger partial charge in [0, 0.05) is 40.3 Å². The first kappa shape index (κ1) is 16.0. The van der Waals surface area contributed by atoms with Crippen LogP contribution in [0.4, 0.5) is 0 Å². The summed E-state index contributed by atoms with van der Waals surface area (Å²) in [4.78, 5) is 13.8. The Bertz CT molecular complexity index is 603. The number of furan rings is 1. The second-order valence-electron chi connectivity index (χ2n) is 4.95. The van der Waals surface area contributed by atoms with Gasteiger partial charge in [-0.25, -0.2) is 0 Å². The zero-order chi connectivity index (χ0) is 15.6. The van der Waals surface area contributed by atoms with E-state index in [4.69, 9.17) is 10.2 Å². The van der Waals surface area contributed by atoms with Crippen molar-refractivity contribution in [2.24, 2.45) is 5.73 Å². The molecule has 0 unspecified atom stereocenters. The number of nitrogens with zero attached hydrogens (tertiary/aromatic N) is 3. The number of hydrogen-bond donors (Lipinski definition) is 1. The summed E-state index contributed by atoms with van der Waals surface area (Å²) in [6, 6.07) is 3.26. The molecule has 0 atom stereocenters. The van der Waals surface area contributed by atoms with Crippen molar-refractivity contribution in [3.05, 3.63) is 23.7 Å². The summed E-state index contributed by atoms with van der Waals surface area (Å²) in [6.07, 6.45) is 0. The van der Waals surface area contributed by atoms with Gasteiger partial charge in [0.1, 0.15) is 5.76 Å². The monoisotopic (exact) mass is 316 g/mol. The zero-order valence-corrected chi connectivity index (χ0v) is 13.0. The second kappa shape index (κ2) is 6.14. The van der Waals surface area contributed by atoms with Crippen molar-refractivity contribution >= 4 is 16.1 Å². The van der Waals surface area contributed by atoms with Gasteiger partial charge < -0.3 is 15.1 Å². The van der Waals surface area contributed by atoms with E-state index in [9.17, 15) is 13.2 Å². The maximum absolute atomic E-state index is 12.2. The Morgan fingerprint density at radius 2 is 1.90 bits per heavy atom. The molecule has 118 valence electrons. The number of amides is 1. The Kier molecular flexibility index (Phi) is 4.67. The molecule has 0 aliphatic carbocycles. The molecule has 0 saturated carbocycles. The van der Waals surface area contributed by atoms with Crippen LogP contribution in [0.2, 0.25) is 0 Å². The van der Waals surface area contributed by atoms with Gasteiger partial charge >= 0.3 is 0 Å².